The van der Waals surface area contributed by atoms with E-state index in [4.69, 9.17) is 30.9 Å². The minimum Gasteiger partial charge on any atom is -0.495 e. The van der Waals surface area contributed by atoms with E-state index in [0.717, 1.165) is 41.4 Å². The molecule has 4 aromatic rings. The summed E-state index contributed by atoms with van der Waals surface area (Å²) in [5, 5.41) is 6.38. The fraction of sp³-hybridized carbons (Fsp3) is 0.300. The molecule has 1 atom stereocenters. The third-order valence-electron chi connectivity index (χ3n) is 6.77. The van der Waals surface area contributed by atoms with Gasteiger partial charge in [-0.15, -0.1) is 0 Å². The molecule has 0 N–H and O–H groups in total. The molecule has 5 rings (SSSR count). The van der Waals surface area contributed by atoms with Crippen LogP contribution >= 0.6 is 11.6 Å². The lowest BCUT2D eigenvalue weighted by Gasteiger charge is -2.32. The molecule has 202 valence electrons. The lowest BCUT2D eigenvalue weighted by Crippen LogP contribution is -2.40. The second-order valence-electron chi connectivity index (χ2n) is 9.36. The van der Waals surface area contributed by atoms with Gasteiger partial charge in [0.1, 0.15) is 33.5 Å². The van der Waals surface area contributed by atoms with Crippen molar-refractivity contribution in [3.63, 3.8) is 0 Å². The molecule has 0 aliphatic carbocycles. The van der Waals surface area contributed by atoms with E-state index in [0.29, 0.717) is 47.7 Å². The minimum atomic E-state index is -0.0627. The summed E-state index contributed by atoms with van der Waals surface area (Å²) in [5.41, 5.74) is 2.58. The van der Waals surface area contributed by atoms with Crippen molar-refractivity contribution in [2.75, 3.05) is 26.8 Å². The summed E-state index contributed by atoms with van der Waals surface area (Å²) in [6, 6.07) is 13.1. The van der Waals surface area contributed by atoms with Crippen LogP contribution in [0.2, 0.25) is 5.02 Å². The molecule has 1 aliphatic heterocycles. The number of amides is 1. The average molecular weight is 547 g/mol. The predicted molar refractivity (Wildman–Crippen MR) is 152 cm³/mol. The summed E-state index contributed by atoms with van der Waals surface area (Å²) in [7, 11) is 1.57. The maximum atomic E-state index is 12.4. The number of hydrogen-bond acceptors (Lipinski definition) is 6. The van der Waals surface area contributed by atoms with Crippen LogP contribution in [0.4, 0.5) is 0 Å². The topological polar surface area (TPSA) is 78.7 Å². The van der Waals surface area contributed by atoms with Crippen LogP contribution in [0.25, 0.3) is 22.2 Å². The third-order valence-corrected chi connectivity index (χ3v) is 7.14. The molecule has 8 nitrogen and oxygen atoms in total. The van der Waals surface area contributed by atoms with Gasteiger partial charge >= 0.3 is 0 Å². The van der Waals surface area contributed by atoms with Crippen molar-refractivity contribution in [3.05, 3.63) is 72.5 Å². The number of hydrogen-bond donors (Lipinski definition) is 0. The Morgan fingerprint density at radius 3 is 2.69 bits per heavy atom. The van der Waals surface area contributed by atoms with Gasteiger partial charge in [-0.3, -0.25) is 14.5 Å². The number of fused-ring (bicyclic) bond motifs is 1. The van der Waals surface area contributed by atoms with E-state index in [9.17, 15) is 4.79 Å². The molecule has 9 heteroatoms. The first kappa shape index (κ1) is 26.6. The second kappa shape index (κ2) is 11.8. The molecule has 1 saturated heterocycles. The summed E-state index contributed by atoms with van der Waals surface area (Å²) < 4.78 is 19.4. The van der Waals surface area contributed by atoms with Crippen molar-refractivity contribution in [2.24, 2.45) is 0 Å². The van der Waals surface area contributed by atoms with E-state index in [1.165, 1.54) is 6.08 Å². The fourth-order valence-corrected chi connectivity index (χ4v) is 5.11. The fourth-order valence-electron chi connectivity index (χ4n) is 4.87. The van der Waals surface area contributed by atoms with Gasteiger partial charge in [-0.25, -0.2) is 0 Å². The first-order valence-electron chi connectivity index (χ1n) is 13.0. The monoisotopic (exact) mass is 546 g/mol. The van der Waals surface area contributed by atoms with E-state index in [-0.39, 0.29) is 11.9 Å². The normalized spacial score (nSPS) is 15.3. The van der Waals surface area contributed by atoms with E-state index in [2.05, 4.69) is 18.5 Å². The lowest BCUT2D eigenvalue weighted by molar-refractivity contribution is -0.127. The number of halogens is 1. The molecule has 1 fully saturated rings. The smallest absolute Gasteiger partial charge is 0.246 e. The molecule has 0 spiro atoms. The average Bonchev–Trinajstić information content (AvgIpc) is 3.37. The molecule has 2 aromatic heterocycles. The summed E-state index contributed by atoms with van der Waals surface area (Å²) in [5.74, 6) is 2.32. The number of pyridine rings is 1. The minimum absolute atomic E-state index is 0.00286. The van der Waals surface area contributed by atoms with Gasteiger partial charge in [-0.05, 0) is 61.7 Å². The van der Waals surface area contributed by atoms with E-state index < -0.39 is 0 Å². The Hall–Kier alpha value is -4.04. The Morgan fingerprint density at radius 2 is 1.95 bits per heavy atom. The first-order valence-corrected chi connectivity index (χ1v) is 13.4. The Balaban J connectivity index is 1.51. The molecule has 0 bridgehead atoms. The number of ether oxygens (including phenoxy) is 3. The number of benzene rings is 2. The van der Waals surface area contributed by atoms with Gasteiger partial charge in [0.2, 0.25) is 5.91 Å². The summed E-state index contributed by atoms with van der Waals surface area (Å²) in [6.45, 7) is 7.57. The van der Waals surface area contributed by atoms with Crippen LogP contribution in [0.5, 0.6) is 23.0 Å². The van der Waals surface area contributed by atoms with Crippen molar-refractivity contribution < 1.29 is 19.0 Å². The van der Waals surface area contributed by atoms with Gasteiger partial charge in [-0.1, -0.05) is 31.2 Å². The number of likely N-dealkylation sites (tertiary alicyclic amines) is 1. The number of rotatable bonds is 9. The van der Waals surface area contributed by atoms with Crippen LogP contribution in [-0.4, -0.2) is 52.4 Å². The molecule has 1 aliphatic rings. The van der Waals surface area contributed by atoms with E-state index in [1.54, 1.807) is 25.4 Å². The molecule has 1 unspecified atom stereocenters. The van der Waals surface area contributed by atoms with Crippen molar-refractivity contribution in [3.8, 4) is 34.3 Å². The molecule has 3 heterocycles. The van der Waals surface area contributed by atoms with E-state index >= 15 is 0 Å². The van der Waals surface area contributed by atoms with Gasteiger partial charge in [-0.2, -0.15) is 5.10 Å². The number of carbonyl (C=O) groups excluding carboxylic acids is 1. The maximum Gasteiger partial charge on any atom is 0.246 e. The molecule has 0 saturated carbocycles. The second-order valence-corrected chi connectivity index (χ2v) is 9.74. The number of carbonyl (C=O) groups is 1. The number of methoxy groups -OCH3 is 1. The van der Waals surface area contributed by atoms with Crippen LogP contribution in [0.15, 0.2) is 67.5 Å². The van der Waals surface area contributed by atoms with Crippen molar-refractivity contribution >= 4 is 28.4 Å². The first-order chi connectivity index (χ1) is 19.0. The Morgan fingerprint density at radius 1 is 1.15 bits per heavy atom. The largest absolute Gasteiger partial charge is 0.495 e. The molecule has 1 amide bonds. The lowest BCUT2D eigenvalue weighted by atomic mass is 10.1. The highest BCUT2D eigenvalue weighted by atomic mass is 35.5. The van der Waals surface area contributed by atoms with Gasteiger partial charge in [0.15, 0.2) is 5.75 Å². The van der Waals surface area contributed by atoms with Gasteiger partial charge in [0.25, 0.3) is 0 Å². The molecule has 2 aromatic carbocycles. The van der Waals surface area contributed by atoms with Crippen molar-refractivity contribution in [1.82, 2.24) is 19.7 Å². The molecule has 0 radical (unpaired) electrons. The zero-order valence-electron chi connectivity index (χ0n) is 22.1. The zero-order valence-corrected chi connectivity index (χ0v) is 22.9. The highest BCUT2D eigenvalue weighted by Crippen LogP contribution is 2.39. The van der Waals surface area contributed by atoms with Crippen LogP contribution in [0.1, 0.15) is 32.2 Å². The van der Waals surface area contributed by atoms with Crippen LogP contribution < -0.4 is 14.2 Å². The van der Waals surface area contributed by atoms with Gasteiger partial charge in [0, 0.05) is 24.8 Å². The Bertz CT molecular complexity index is 1480. The van der Waals surface area contributed by atoms with Crippen molar-refractivity contribution in [2.45, 2.75) is 32.2 Å². The SMILES string of the molecule is C=CC(=O)N1CCCC(n2nc(-c3ccc(Oc4cccc(OC)c4Cl)cc3)c3cncc(OCCC)c32)C1. The van der Waals surface area contributed by atoms with Crippen LogP contribution in [-0.2, 0) is 4.79 Å². The van der Waals surface area contributed by atoms with Gasteiger partial charge < -0.3 is 19.1 Å². The Labute approximate surface area is 232 Å². The quantitative estimate of drug-likeness (QED) is 0.218. The summed E-state index contributed by atoms with van der Waals surface area (Å²) >= 11 is 6.41. The Kier molecular flexibility index (Phi) is 8.02. The van der Waals surface area contributed by atoms with Crippen LogP contribution in [0.3, 0.4) is 0 Å². The molecular weight excluding hydrogens is 516 g/mol. The van der Waals surface area contributed by atoms with Crippen LogP contribution in [0, 0.1) is 0 Å². The third kappa shape index (κ3) is 5.43. The standard InChI is InChI=1S/C30H31ClN4O4/c1-4-16-38-26-18-32-17-23-29(33-35(30(23)26)21-8-7-15-34(19-21)27(36)5-2)20-11-13-22(14-12-20)39-25-10-6-9-24(37-3)28(25)31/h5-6,9-14,17-18,21H,2,4,7-8,15-16,19H2,1,3H3. The zero-order chi connectivity index (χ0) is 27.4. The highest BCUT2D eigenvalue weighted by Gasteiger charge is 2.28. The number of nitrogens with zero attached hydrogens (tertiary/aromatic N) is 4. The summed E-state index contributed by atoms with van der Waals surface area (Å²) in [6.07, 6.45) is 7.60. The number of piperidine rings is 1. The van der Waals surface area contributed by atoms with Crippen molar-refractivity contribution in [1.29, 1.82) is 0 Å². The molecular formula is C30H31ClN4O4. The van der Waals surface area contributed by atoms with Gasteiger partial charge in [0.05, 0.1) is 31.3 Å². The number of aromatic nitrogens is 3. The molecule has 39 heavy (non-hydrogen) atoms. The predicted octanol–water partition coefficient (Wildman–Crippen LogP) is 6.69. The maximum absolute atomic E-state index is 12.4. The summed E-state index contributed by atoms with van der Waals surface area (Å²) in [4.78, 5) is 18.7. The highest BCUT2D eigenvalue weighted by molar-refractivity contribution is 6.33. The van der Waals surface area contributed by atoms with E-state index in [1.807, 2.05) is 46.1 Å².